The van der Waals surface area contributed by atoms with Crippen LogP contribution in [0.2, 0.25) is 0 Å². The topological polar surface area (TPSA) is 31.2 Å². The molecule has 1 aromatic carbocycles. The van der Waals surface area contributed by atoms with Crippen LogP contribution in [0.5, 0.6) is 0 Å². The molecule has 0 unspecified atom stereocenters. The summed E-state index contributed by atoms with van der Waals surface area (Å²) in [6.45, 7) is 0. The van der Waals surface area contributed by atoms with Gasteiger partial charge in [0.15, 0.2) is 0 Å². The van der Waals surface area contributed by atoms with Gasteiger partial charge in [-0.1, -0.05) is 12.1 Å². The monoisotopic (exact) mass is 219 g/mol. The second-order valence-electron chi connectivity index (χ2n) is 3.21. The number of hydrogen-bond donors (Lipinski definition) is 0. The molecule has 0 bridgehead atoms. The molecule has 0 radical (unpaired) electrons. The van der Waals surface area contributed by atoms with Crippen LogP contribution in [0.3, 0.4) is 0 Å². The zero-order valence-electron chi connectivity index (χ0n) is 8.68. The summed E-state index contributed by atoms with van der Waals surface area (Å²) in [4.78, 5) is 11.4. The van der Waals surface area contributed by atoms with E-state index < -0.39 is 5.97 Å². The third kappa shape index (κ3) is 1.69. The molecule has 2 aromatic rings. The molecule has 3 nitrogen and oxygen atoms in total. The molecule has 0 N–H and O–H groups in total. The molecule has 4 heteroatoms. The number of ether oxygens (including phenoxy) is 1. The van der Waals surface area contributed by atoms with E-state index in [4.69, 9.17) is 0 Å². The third-order valence-electron chi connectivity index (χ3n) is 2.26. The molecule has 2 rings (SSSR count). The molecular formula is C12H10FNO2. The van der Waals surface area contributed by atoms with E-state index in [9.17, 15) is 9.18 Å². The van der Waals surface area contributed by atoms with Crippen molar-refractivity contribution >= 4 is 5.97 Å². The van der Waals surface area contributed by atoms with Crippen molar-refractivity contribution < 1.29 is 13.9 Å². The predicted molar refractivity (Wildman–Crippen MR) is 57.1 cm³/mol. The summed E-state index contributed by atoms with van der Waals surface area (Å²) in [6.07, 6.45) is 1.62. The average Bonchev–Trinajstić information content (AvgIpc) is 2.77. The second-order valence-corrected chi connectivity index (χ2v) is 3.21. The van der Waals surface area contributed by atoms with Gasteiger partial charge >= 0.3 is 5.97 Å². The lowest BCUT2D eigenvalue weighted by molar-refractivity contribution is 0.0591. The zero-order valence-corrected chi connectivity index (χ0v) is 8.68. The molecule has 82 valence electrons. The molecule has 0 spiro atoms. The highest BCUT2D eigenvalue weighted by molar-refractivity contribution is 5.88. The van der Waals surface area contributed by atoms with Crippen molar-refractivity contribution in [1.29, 1.82) is 0 Å². The first kappa shape index (κ1) is 10.4. The van der Waals surface area contributed by atoms with Gasteiger partial charge < -0.3 is 9.30 Å². The minimum atomic E-state index is -0.492. The second kappa shape index (κ2) is 4.18. The first-order chi connectivity index (χ1) is 7.74. The summed E-state index contributed by atoms with van der Waals surface area (Å²) in [5.74, 6) is -0.878. The average molecular weight is 219 g/mol. The summed E-state index contributed by atoms with van der Waals surface area (Å²) >= 11 is 0. The molecule has 16 heavy (non-hydrogen) atoms. The largest absolute Gasteiger partial charge is 0.464 e. The lowest BCUT2D eigenvalue weighted by atomic mass is 10.3. The van der Waals surface area contributed by atoms with Crippen LogP contribution in [-0.2, 0) is 4.74 Å². The lowest BCUT2D eigenvalue weighted by Gasteiger charge is -2.08. The van der Waals surface area contributed by atoms with Crippen molar-refractivity contribution in [1.82, 2.24) is 4.57 Å². The Morgan fingerprint density at radius 2 is 2.00 bits per heavy atom. The van der Waals surface area contributed by atoms with Gasteiger partial charge in [0.1, 0.15) is 11.5 Å². The Kier molecular flexibility index (Phi) is 2.72. The van der Waals surface area contributed by atoms with Gasteiger partial charge in [-0.3, -0.25) is 0 Å². The van der Waals surface area contributed by atoms with E-state index in [1.165, 1.54) is 17.7 Å². The van der Waals surface area contributed by atoms with Gasteiger partial charge in [0.25, 0.3) is 0 Å². The Labute approximate surface area is 92.1 Å². The zero-order chi connectivity index (χ0) is 11.5. The van der Waals surface area contributed by atoms with Gasteiger partial charge in [0.05, 0.1) is 12.8 Å². The number of para-hydroxylation sites is 1. The molecule has 0 aliphatic carbocycles. The third-order valence-corrected chi connectivity index (χ3v) is 2.26. The fraction of sp³-hybridized carbons (Fsp3) is 0.0833. The quantitative estimate of drug-likeness (QED) is 0.726. The van der Waals surface area contributed by atoms with Crippen LogP contribution in [0.25, 0.3) is 5.69 Å². The number of carbonyl (C=O) groups excluding carboxylic acids is 1. The van der Waals surface area contributed by atoms with E-state index in [1.54, 1.807) is 36.5 Å². The minimum absolute atomic E-state index is 0.299. The van der Waals surface area contributed by atoms with E-state index in [2.05, 4.69) is 4.74 Å². The first-order valence-corrected chi connectivity index (χ1v) is 4.74. The number of rotatable bonds is 2. The highest BCUT2D eigenvalue weighted by atomic mass is 19.1. The molecule has 0 atom stereocenters. The van der Waals surface area contributed by atoms with Crippen LogP contribution in [0, 0.1) is 5.82 Å². The van der Waals surface area contributed by atoms with Gasteiger partial charge in [0, 0.05) is 6.20 Å². The predicted octanol–water partition coefficient (Wildman–Crippen LogP) is 2.40. The fourth-order valence-corrected chi connectivity index (χ4v) is 1.51. The number of halogens is 1. The molecule has 0 saturated carbocycles. The molecule has 0 saturated heterocycles. The molecule has 1 aromatic heterocycles. The Bertz CT molecular complexity index is 519. The maximum absolute atomic E-state index is 13.5. The molecule has 0 amide bonds. The summed E-state index contributed by atoms with van der Waals surface area (Å²) in [6, 6.07) is 9.49. The Balaban J connectivity index is 2.53. The van der Waals surface area contributed by atoms with Crippen molar-refractivity contribution in [3.05, 3.63) is 54.1 Å². The van der Waals surface area contributed by atoms with Crippen LogP contribution in [0.1, 0.15) is 10.5 Å². The van der Waals surface area contributed by atoms with Crippen molar-refractivity contribution in [2.75, 3.05) is 7.11 Å². The highest BCUT2D eigenvalue weighted by Crippen LogP contribution is 2.16. The normalized spacial score (nSPS) is 10.1. The van der Waals surface area contributed by atoms with Gasteiger partial charge in [-0.2, -0.15) is 0 Å². The molecule has 1 heterocycles. The van der Waals surface area contributed by atoms with E-state index in [0.29, 0.717) is 11.4 Å². The smallest absolute Gasteiger partial charge is 0.355 e. The molecular weight excluding hydrogens is 209 g/mol. The maximum Gasteiger partial charge on any atom is 0.355 e. The number of aromatic nitrogens is 1. The van der Waals surface area contributed by atoms with Crippen LogP contribution in [-0.4, -0.2) is 17.6 Å². The van der Waals surface area contributed by atoms with E-state index in [1.807, 2.05) is 0 Å². The summed E-state index contributed by atoms with van der Waals surface area (Å²) in [7, 11) is 1.29. The Morgan fingerprint density at radius 3 is 2.69 bits per heavy atom. The Morgan fingerprint density at radius 1 is 1.25 bits per heavy atom. The highest BCUT2D eigenvalue weighted by Gasteiger charge is 2.13. The maximum atomic E-state index is 13.5. The summed E-state index contributed by atoms with van der Waals surface area (Å²) in [5, 5.41) is 0. The fourth-order valence-electron chi connectivity index (χ4n) is 1.51. The number of hydrogen-bond acceptors (Lipinski definition) is 2. The standard InChI is InChI=1S/C12H10FNO2/c1-16-12(15)11-7-4-8-14(11)10-6-3-2-5-9(10)13/h2-8H,1H3. The molecule has 0 aliphatic rings. The van der Waals surface area contributed by atoms with Crippen molar-refractivity contribution in [2.24, 2.45) is 0 Å². The first-order valence-electron chi connectivity index (χ1n) is 4.74. The van der Waals surface area contributed by atoms with Gasteiger partial charge in [-0.05, 0) is 24.3 Å². The van der Waals surface area contributed by atoms with Crippen LogP contribution < -0.4 is 0 Å². The van der Waals surface area contributed by atoms with Crippen molar-refractivity contribution in [3.63, 3.8) is 0 Å². The van der Waals surface area contributed by atoms with Crippen LogP contribution in [0.15, 0.2) is 42.6 Å². The number of methoxy groups -OCH3 is 1. The lowest BCUT2D eigenvalue weighted by Crippen LogP contribution is -2.09. The van der Waals surface area contributed by atoms with Crippen LogP contribution >= 0.6 is 0 Å². The number of benzene rings is 1. The number of carbonyl (C=O) groups is 1. The summed E-state index contributed by atoms with van der Waals surface area (Å²) < 4.78 is 19.6. The summed E-state index contributed by atoms with van der Waals surface area (Å²) in [5.41, 5.74) is 0.625. The van der Waals surface area contributed by atoms with E-state index >= 15 is 0 Å². The van der Waals surface area contributed by atoms with Crippen molar-refractivity contribution in [3.8, 4) is 5.69 Å². The van der Waals surface area contributed by atoms with Gasteiger partial charge in [-0.15, -0.1) is 0 Å². The SMILES string of the molecule is COC(=O)c1cccn1-c1ccccc1F. The number of nitrogens with zero attached hydrogens (tertiary/aromatic N) is 1. The minimum Gasteiger partial charge on any atom is -0.464 e. The number of esters is 1. The van der Waals surface area contributed by atoms with Gasteiger partial charge in [-0.25, -0.2) is 9.18 Å². The Hall–Kier alpha value is -2.10. The van der Waals surface area contributed by atoms with Crippen LogP contribution in [0.4, 0.5) is 4.39 Å². The van der Waals surface area contributed by atoms with Gasteiger partial charge in [0.2, 0.25) is 0 Å². The van der Waals surface area contributed by atoms with E-state index in [-0.39, 0.29) is 5.82 Å². The molecule has 0 aliphatic heterocycles. The van der Waals surface area contributed by atoms with E-state index in [0.717, 1.165) is 0 Å². The molecule has 0 fully saturated rings. The van der Waals surface area contributed by atoms with Crippen molar-refractivity contribution in [2.45, 2.75) is 0 Å².